The van der Waals surface area contributed by atoms with Gasteiger partial charge in [-0.25, -0.2) is 0 Å². The molecule has 0 unspecified atom stereocenters. The van der Waals surface area contributed by atoms with Gasteiger partial charge in [0.1, 0.15) is 6.54 Å². The summed E-state index contributed by atoms with van der Waals surface area (Å²) in [6.45, 7) is -0.639. The van der Waals surface area contributed by atoms with Crippen molar-refractivity contribution >= 4 is 28.4 Å². The molecule has 4 rings (SSSR count). The van der Waals surface area contributed by atoms with Gasteiger partial charge in [0.2, 0.25) is 12.6 Å². The Balaban J connectivity index is 1.31. The quantitative estimate of drug-likeness (QED) is 0.513. The summed E-state index contributed by atoms with van der Waals surface area (Å²) in [7, 11) is 0. The van der Waals surface area contributed by atoms with Crippen molar-refractivity contribution in [1.82, 2.24) is 5.32 Å². The summed E-state index contributed by atoms with van der Waals surface area (Å²) in [5.74, 6) is -0.431. The van der Waals surface area contributed by atoms with Crippen LogP contribution in [0.5, 0.6) is 11.5 Å². The minimum absolute atomic E-state index is 0.109. The topological polar surface area (TPSA) is 90.9 Å². The highest BCUT2D eigenvalue weighted by Gasteiger charge is 2.17. The molecule has 146 valence electrons. The summed E-state index contributed by atoms with van der Waals surface area (Å²) in [5, 5.41) is 4.19. The van der Waals surface area contributed by atoms with E-state index in [2.05, 4.69) is 5.32 Å². The van der Waals surface area contributed by atoms with Crippen molar-refractivity contribution in [2.24, 2.45) is 0 Å². The maximum absolute atomic E-state index is 12.4. The number of hydrogen-bond acceptors (Lipinski definition) is 6. The normalized spacial score (nSPS) is 11.9. The van der Waals surface area contributed by atoms with Crippen LogP contribution in [0, 0.1) is 0 Å². The zero-order valence-electron chi connectivity index (χ0n) is 15.3. The Labute approximate surface area is 166 Å². The zero-order chi connectivity index (χ0) is 20.2. The summed E-state index contributed by atoms with van der Waals surface area (Å²) in [6.07, 6.45) is 0. The van der Waals surface area contributed by atoms with Gasteiger partial charge in [-0.2, -0.15) is 0 Å². The first-order valence-corrected chi connectivity index (χ1v) is 8.96. The van der Waals surface area contributed by atoms with Crippen LogP contribution in [-0.2, 0) is 9.53 Å². The molecule has 7 heteroatoms. The number of carbonyl (C=O) groups is 3. The van der Waals surface area contributed by atoms with E-state index in [0.717, 1.165) is 10.8 Å². The predicted octanol–water partition coefficient (Wildman–Crippen LogP) is 2.72. The second-order valence-electron chi connectivity index (χ2n) is 6.36. The first kappa shape index (κ1) is 18.5. The third-order valence-corrected chi connectivity index (χ3v) is 4.48. The Morgan fingerprint density at radius 1 is 0.931 bits per heavy atom. The number of ether oxygens (including phenoxy) is 3. The number of nitrogens with one attached hydrogen (secondary N) is 1. The first-order chi connectivity index (χ1) is 14.1. The number of Topliss-reactive ketones (excluding diaryl/α,β-unsaturated/α-hetero) is 1. The number of fused-ring (bicyclic) bond motifs is 2. The number of hydrogen-bond donors (Lipinski definition) is 1. The number of rotatable bonds is 6. The van der Waals surface area contributed by atoms with E-state index in [-0.39, 0.29) is 19.1 Å². The molecule has 0 fully saturated rings. The molecule has 0 bridgehead atoms. The van der Waals surface area contributed by atoms with E-state index < -0.39 is 18.5 Å². The molecule has 0 aromatic heterocycles. The number of esters is 1. The van der Waals surface area contributed by atoms with E-state index in [1.807, 2.05) is 30.3 Å². The molecular weight excluding hydrogens is 374 g/mol. The van der Waals surface area contributed by atoms with E-state index in [1.54, 1.807) is 24.3 Å². The first-order valence-electron chi connectivity index (χ1n) is 8.96. The SMILES string of the molecule is O=C(CNC(=O)c1ccc2c(c1)OCO2)OCC(=O)c1cccc2ccccc12. The van der Waals surface area contributed by atoms with Gasteiger partial charge in [-0.1, -0.05) is 42.5 Å². The van der Waals surface area contributed by atoms with Crippen molar-refractivity contribution in [3.63, 3.8) is 0 Å². The van der Waals surface area contributed by atoms with Gasteiger partial charge in [0, 0.05) is 11.1 Å². The molecule has 0 radical (unpaired) electrons. The van der Waals surface area contributed by atoms with Crippen LogP contribution >= 0.6 is 0 Å². The van der Waals surface area contributed by atoms with Crippen LogP contribution in [0.15, 0.2) is 60.7 Å². The third-order valence-electron chi connectivity index (χ3n) is 4.48. The summed E-state index contributed by atoms with van der Waals surface area (Å²) in [5.41, 5.74) is 0.814. The molecule has 3 aromatic carbocycles. The maximum Gasteiger partial charge on any atom is 0.325 e. The van der Waals surface area contributed by atoms with E-state index in [1.165, 1.54) is 6.07 Å². The van der Waals surface area contributed by atoms with Crippen LogP contribution in [0.1, 0.15) is 20.7 Å². The number of carbonyl (C=O) groups excluding carboxylic acids is 3. The second kappa shape index (κ2) is 8.02. The summed E-state index contributed by atoms with van der Waals surface area (Å²) < 4.78 is 15.4. The van der Waals surface area contributed by atoms with Gasteiger partial charge in [0.05, 0.1) is 0 Å². The highest BCUT2D eigenvalue weighted by molar-refractivity contribution is 6.09. The van der Waals surface area contributed by atoms with Crippen molar-refractivity contribution in [3.05, 3.63) is 71.8 Å². The van der Waals surface area contributed by atoms with Gasteiger partial charge in [-0.15, -0.1) is 0 Å². The molecule has 1 N–H and O–H groups in total. The van der Waals surface area contributed by atoms with Crippen molar-refractivity contribution in [2.75, 3.05) is 19.9 Å². The fourth-order valence-electron chi connectivity index (χ4n) is 3.04. The molecule has 0 aliphatic carbocycles. The molecule has 1 heterocycles. The molecule has 3 aromatic rings. The maximum atomic E-state index is 12.4. The zero-order valence-corrected chi connectivity index (χ0v) is 15.3. The van der Waals surface area contributed by atoms with Crippen molar-refractivity contribution in [2.45, 2.75) is 0 Å². The van der Waals surface area contributed by atoms with E-state index in [4.69, 9.17) is 14.2 Å². The van der Waals surface area contributed by atoms with Crippen LogP contribution in [0.4, 0.5) is 0 Å². The minimum atomic E-state index is -0.701. The van der Waals surface area contributed by atoms with Crippen molar-refractivity contribution < 1.29 is 28.6 Å². The van der Waals surface area contributed by atoms with Gasteiger partial charge in [0.15, 0.2) is 18.1 Å². The van der Waals surface area contributed by atoms with Crippen LogP contribution in [0.2, 0.25) is 0 Å². The number of benzene rings is 3. The minimum Gasteiger partial charge on any atom is -0.456 e. The lowest BCUT2D eigenvalue weighted by molar-refractivity contribution is -0.141. The lowest BCUT2D eigenvalue weighted by Gasteiger charge is -2.08. The number of amides is 1. The molecule has 7 nitrogen and oxygen atoms in total. The average molecular weight is 391 g/mol. The Morgan fingerprint density at radius 3 is 2.62 bits per heavy atom. The fraction of sp³-hybridized carbons (Fsp3) is 0.136. The Hall–Kier alpha value is -3.87. The Morgan fingerprint density at radius 2 is 1.72 bits per heavy atom. The standard InChI is InChI=1S/C22H17NO6/c24-18(17-7-3-5-14-4-1-2-6-16(14)17)12-27-21(25)11-23-22(26)15-8-9-19-20(10-15)29-13-28-19/h1-10H,11-13H2,(H,23,26). The third kappa shape index (κ3) is 4.03. The van der Waals surface area contributed by atoms with E-state index in [0.29, 0.717) is 22.6 Å². The van der Waals surface area contributed by atoms with Gasteiger partial charge in [-0.05, 0) is 29.0 Å². The predicted molar refractivity (Wildman–Crippen MR) is 104 cm³/mol. The summed E-state index contributed by atoms with van der Waals surface area (Å²) in [4.78, 5) is 36.5. The molecule has 0 saturated heterocycles. The van der Waals surface area contributed by atoms with Crippen LogP contribution in [-0.4, -0.2) is 37.6 Å². The van der Waals surface area contributed by atoms with Crippen LogP contribution in [0.3, 0.4) is 0 Å². The van der Waals surface area contributed by atoms with Crippen LogP contribution in [0.25, 0.3) is 10.8 Å². The highest BCUT2D eigenvalue weighted by atomic mass is 16.7. The summed E-state index contributed by atoms with van der Waals surface area (Å²) >= 11 is 0. The van der Waals surface area contributed by atoms with Gasteiger partial charge >= 0.3 is 5.97 Å². The molecular formula is C22H17NO6. The molecule has 0 atom stereocenters. The molecule has 1 aliphatic rings. The van der Waals surface area contributed by atoms with Gasteiger partial charge in [-0.3, -0.25) is 14.4 Å². The molecule has 0 spiro atoms. The lowest BCUT2D eigenvalue weighted by Crippen LogP contribution is -2.31. The smallest absolute Gasteiger partial charge is 0.325 e. The highest BCUT2D eigenvalue weighted by Crippen LogP contribution is 2.32. The fourth-order valence-corrected chi connectivity index (χ4v) is 3.04. The van der Waals surface area contributed by atoms with Crippen LogP contribution < -0.4 is 14.8 Å². The largest absolute Gasteiger partial charge is 0.456 e. The molecule has 29 heavy (non-hydrogen) atoms. The van der Waals surface area contributed by atoms with Crippen molar-refractivity contribution in [3.8, 4) is 11.5 Å². The van der Waals surface area contributed by atoms with E-state index in [9.17, 15) is 14.4 Å². The molecule has 0 saturated carbocycles. The van der Waals surface area contributed by atoms with Gasteiger partial charge in [0.25, 0.3) is 5.91 Å². The second-order valence-corrected chi connectivity index (χ2v) is 6.36. The monoisotopic (exact) mass is 391 g/mol. The number of ketones is 1. The van der Waals surface area contributed by atoms with Gasteiger partial charge < -0.3 is 19.5 Å². The Kier molecular flexibility index (Phi) is 5.11. The molecule has 1 aliphatic heterocycles. The Bertz CT molecular complexity index is 1100. The average Bonchev–Trinajstić information content (AvgIpc) is 3.23. The van der Waals surface area contributed by atoms with Crippen molar-refractivity contribution in [1.29, 1.82) is 0 Å². The van der Waals surface area contributed by atoms with E-state index >= 15 is 0 Å². The lowest BCUT2D eigenvalue weighted by atomic mass is 10.0. The summed E-state index contributed by atoms with van der Waals surface area (Å²) in [6, 6.07) is 17.6. The molecule has 1 amide bonds.